The van der Waals surface area contributed by atoms with Gasteiger partial charge >= 0.3 is 0 Å². The lowest BCUT2D eigenvalue weighted by Gasteiger charge is -2.34. The number of nitrogen functional groups attached to an aromatic ring is 1. The number of benzene rings is 3. The van der Waals surface area contributed by atoms with Crippen molar-refractivity contribution in [1.29, 1.82) is 0 Å². The first-order chi connectivity index (χ1) is 20.2. The number of likely N-dealkylation sites (tertiary alicyclic amines) is 1. The van der Waals surface area contributed by atoms with Gasteiger partial charge in [-0.1, -0.05) is 12.1 Å². The van der Waals surface area contributed by atoms with Crippen LogP contribution in [0.3, 0.4) is 0 Å². The second kappa shape index (κ2) is 11.2. The van der Waals surface area contributed by atoms with Gasteiger partial charge in [-0.05, 0) is 93.7 Å². The van der Waals surface area contributed by atoms with Gasteiger partial charge in [0.1, 0.15) is 29.2 Å². The SMILES string of the molecule is CC(C)N1CCC(c2cc3cc(C(O)c4cnn(-c5ccc(Oc6ccccc6F)cc5F)c4N)[nH]c3cc2F)CC1. The molecule has 3 aromatic carbocycles. The standard InChI is InChI=1S/C32H32F3N5O2/c1-18(2)39-11-9-19(10-12-39)22-13-20-14-28(38-27(20)16-25(22)34)31(41)23-17-37-40(32(23)36)29-8-7-21(15-26(29)35)42-30-6-4-3-5-24(30)33/h3-8,13-19,31,38,41H,9-12,36H2,1-2H3. The summed E-state index contributed by atoms with van der Waals surface area (Å²) >= 11 is 0. The quantitative estimate of drug-likeness (QED) is 0.198. The molecule has 5 aromatic rings. The summed E-state index contributed by atoms with van der Waals surface area (Å²) in [7, 11) is 0. The predicted octanol–water partition coefficient (Wildman–Crippen LogP) is 6.81. The minimum atomic E-state index is -1.21. The Hall–Kier alpha value is -4.28. The third-order valence-electron chi connectivity index (χ3n) is 8.10. The van der Waals surface area contributed by atoms with Crippen molar-refractivity contribution < 1.29 is 23.0 Å². The minimum absolute atomic E-state index is 0.0266. The number of anilines is 1. The van der Waals surface area contributed by atoms with Crippen LogP contribution in [0, 0.1) is 17.5 Å². The molecule has 0 spiro atoms. The highest BCUT2D eigenvalue weighted by atomic mass is 19.1. The number of aliphatic hydroxyl groups excluding tert-OH is 1. The Labute approximate surface area is 241 Å². The van der Waals surface area contributed by atoms with Gasteiger partial charge in [0.25, 0.3) is 0 Å². The number of nitrogens with two attached hydrogens (primary N) is 1. The van der Waals surface area contributed by atoms with E-state index in [1.165, 1.54) is 47.3 Å². The van der Waals surface area contributed by atoms with E-state index in [1.807, 2.05) is 6.07 Å². The molecule has 1 saturated heterocycles. The van der Waals surface area contributed by atoms with Crippen LogP contribution in [0.4, 0.5) is 19.0 Å². The van der Waals surface area contributed by atoms with Crippen LogP contribution in [-0.2, 0) is 0 Å². The molecule has 4 N–H and O–H groups in total. The van der Waals surface area contributed by atoms with E-state index >= 15 is 8.78 Å². The number of fused-ring (bicyclic) bond motifs is 1. The highest BCUT2D eigenvalue weighted by molar-refractivity contribution is 5.82. The number of nitrogens with one attached hydrogen (secondary N) is 1. The van der Waals surface area contributed by atoms with Gasteiger partial charge < -0.3 is 25.5 Å². The number of aromatic nitrogens is 3. The topological polar surface area (TPSA) is 92.3 Å². The lowest BCUT2D eigenvalue weighted by atomic mass is 9.88. The normalized spacial score (nSPS) is 15.5. The first kappa shape index (κ1) is 27.9. The number of aliphatic hydroxyl groups is 1. The van der Waals surface area contributed by atoms with E-state index in [0.29, 0.717) is 22.8 Å². The van der Waals surface area contributed by atoms with Crippen molar-refractivity contribution in [2.24, 2.45) is 0 Å². The van der Waals surface area contributed by atoms with Gasteiger partial charge in [0.15, 0.2) is 17.4 Å². The number of hydrogen-bond acceptors (Lipinski definition) is 5. The van der Waals surface area contributed by atoms with Gasteiger partial charge in [-0.15, -0.1) is 0 Å². The highest BCUT2D eigenvalue weighted by Gasteiger charge is 2.26. The van der Waals surface area contributed by atoms with Gasteiger partial charge in [-0.2, -0.15) is 5.10 Å². The van der Waals surface area contributed by atoms with Gasteiger partial charge in [-0.3, -0.25) is 0 Å². The van der Waals surface area contributed by atoms with Crippen LogP contribution in [0.15, 0.2) is 66.9 Å². The van der Waals surface area contributed by atoms with Crippen molar-refractivity contribution >= 4 is 16.7 Å². The number of ether oxygens (including phenoxy) is 1. The molecule has 218 valence electrons. The van der Waals surface area contributed by atoms with Crippen molar-refractivity contribution in [3.63, 3.8) is 0 Å². The second-order valence-electron chi connectivity index (χ2n) is 11.0. The zero-order chi connectivity index (χ0) is 29.5. The van der Waals surface area contributed by atoms with E-state index in [1.54, 1.807) is 12.1 Å². The number of piperidine rings is 1. The third kappa shape index (κ3) is 5.23. The molecule has 1 aliphatic heterocycles. The van der Waals surface area contributed by atoms with Crippen molar-refractivity contribution in [3.05, 3.63) is 101 Å². The predicted molar refractivity (Wildman–Crippen MR) is 155 cm³/mol. The van der Waals surface area contributed by atoms with Crippen LogP contribution in [0.2, 0.25) is 0 Å². The summed E-state index contributed by atoms with van der Waals surface area (Å²) in [4.78, 5) is 5.50. The van der Waals surface area contributed by atoms with E-state index in [0.717, 1.165) is 37.4 Å². The van der Waals surface area contributed by atoms with Crippen molar-refractivity contribution in [3.8, 4) is 17.2 Å². The van der Waals surface area contributed by atoms with E-state index in [-0.39, 0.29) is 40.3 Å². The molecule has 0 bridgehead atoms. The van der Waals surface area contributed by atoms with Gasteiger partial charge in [-0.25, -0.2) is 17.9 Å². The highest BCUT2D eigenvalue weighted by Crippen LogP contribution is 2.36. The summed E-state index contributed by atoms with van der Waals surface area (Å²) in [6.07, 6.45) is 1.94. The third-order valence-corrected chi connectivity index (χ3v) is 8.10. The lowest BCUT2D eigenvalue weighted by Crippen LogP contribution is -2.37. The first-order valence-corrected chi connectivity index (χ1v) is 14.0. The molecule has 7 nitrogen and oxygen atoms in total. The van der Waals surface area contributed by atoms with Crippen LogP contribution in [-0.4, -0.2) is 43.9 Å². The van der Waals surface area contributed by atoms with Crippen molar-refractivity contribution in [2.45, 2.75) is 44.8 Å². The second-order valence-corrected chi connectivity index (χ2v) is 11.0. The number of rotatable bonds is 7. The van der Waals surface area contributed by atoms with Crippen LogP contribution in [0.25, 0.3) is 16.6 Å². The molecule has 10 heteroatoms. The summed E-state index contributed by atoms with van der Waals surface area (Å²) in [5.41, 5.74) is 8.26. The Morgan fingerprint density at radius 3 is 2.45 bits per heavy atom. The molecular formula is C32H32F3N5O2. The maximum absolute atomic E-state index is 15.2. The maximum Gasteiger partial charge on any atom is 0.165 e. The summed E-state index contributed by atoms with van der Waals surface area (Å²) in [6.45, 7) is 6.21. The fraction of sp³-hybridized carbons (Fsp3) is 0.281. The van der Waals surface area contributed by atoms with Crippen LogP contribution in [0.5, 0.6) is 11.5 Å². The Morgan fingerprint density at radius 1 is 0.976 bits per heavy atom. The zero-order valence-electron chi connectivity index (χ0n) is 23.3. The molecule has 1 aliphatic rings. The summed E-state index contributed by atoms with van der Waals surface area (Å²) in [5.74, 6) is -1.30. The number of halogens is 3. The fourth-order valence-corrected chi connectivity index (χ4v) is 5.70. The molecule has 1 fully saturated rings. The molecule has 0 saturated carbocycles. The van der Waals surface area contributed by atoms with Crippen LogP contribution >= 0.6 is 0 Å². The number of para-hydroxylation sites is 1. The number of H-pyrrole nitrogens is 1. The number of nitrogens with zero attached hydrogens (tertiary/aromatic N) is 3. The van der Waals surface area contributed by atoms with E-state index in [4.69, 9.17) is 10.5 Å². The first-order valence-electron chi connectivity index (χ1n) is 14.0. The molecule has 1 unspecified atom stereocenters. The van der Waals surface area contributed by atoms with Crippen molar-refractivity contribution in [1.82, 2.24) is 19.7 Å². The summed E-state index contributed by atoms with van der Waals surface area (Å²) in [6, 6.07) is 15.4. The minimum Gasteiger partial charge on any atom is -0.454 e. The van der Waals surface area contributed by atoms with Gasteiger partial charge in [0.2, 0.25) is 0 Å². The van der Waals surface area contributed by atoms with Crippen LogP contribution in [0.1, 0.15) is 55.5 Å². The Morgan fingerprint density at radius 2 is 1.74 bits per heavy atom. The number of aromatic amines is 1. The zero-order valence-corrected chi connectivity index (χ0v) is 23.3. The summed E-state index contributed by atoms with van der Waals surface area (Å²) in [5, 5.41) is 16.2. The Bertz CT molecular complexity index is 1740. The average molecular weight is 576 g/mol. The lowest BCUT2D eigenvalue weighted by molar-refractivity contribution is 0.171. The van der Waals surface area contributed by atoms with Gasteiger partial charge in [0.05, 0.1) is 6.20 Å². The largest absolute Gasteiger partial charge is 0.454 e. The molecule has 6 rings (SSSR count). The van der Waals surface area contributed by atoms with E-state index < -0.39 is 17.7 Å². The van der Waals surface area contributed by atoms with E-state index in [9.17, 15) is 9.50 Å². The average Bonchev–Trinajstić information content (AvgIpc) is 3.56. The number of hydrogen-bond donors (Lipinski definition) is 3. The molecule has 3 heterocycles. The molecule has 42 heavy (non-hydrogen) atoms. The van der Waals surface area contributed by atoms with E-state index in [2.05, 4.69) is 28.8 Å². The fourth-order valence-electron chi connectivity index (χ4n) is 5.70. The van der Waals surface area contributed by atoms with Gasteiger partial charge in [0, 0.05) is 34.3 Å². The Balaban J connectivity index is 1.23. The summed E-state index contributed by atoms with van der Waals surface area (Å²) < 4.78 is 50.8. The monoisotopic (exact) mass is 575 g/mol. The van der Waals surface area contributed by atoms with Crippen LogP contribution < -0.4 is 10.5 Å². The molecule has 2 aromatic heterocycles. The molecule has 0 amide bonds. The maximum atomic E-state index is 15.2. The molecule has 0 radical (unpaired) electrons. The molecular weight excluding hydrogens is 543 g/mol. The Kier molecular flexibility index (Phi) is 7.42. The van der Waals surface area contributed by atoms with Crippen molar-refractivity contribution in [2.75, 3.05) is 18.8 Å². The molecule has 1 atom stereocenters. The smallest absolute Gasteiger partial charge is 0.165 e. The molecule has 0 aliphatic carbocycles.